The molecule has 8 heteroatoms. The van der Waals surface area contributed by atoms with E-state index in [9.17, 15) is 14.4 Å². The third-order valence-electron chi connectivity index (χ3n) is 3.95. The lowest BCUT2D eigenvalue weighted by molar-refractivity contribution is -0.133. The number of likely N-dealkylation sites (tertiary alicyclic amines) is 1. The fraction of sp³-hybridized carbons (Fsp3) is 0.500. The number of rotatable bonds is 6. The van der Waals surface area contributed by atoms with E-state index in [1.165, 1.54) is 18.5 Å². The summed E-state index contributed by atoms with van der Waals surface area (Å²) in [7, 11) is 1.56. The van der Waals surface area contributed by atoms with Crippen LogP contribution in [0.25, 0.3) is 0 Å². The first-order valence-electron chi connectivity index (χ1n) is 7.77. The minimum Gasteiger partial charge on any atom is -0.478 e. The monoisotopic (exact) mass is 335 g/mol. The van der Waals surface area contributed by atoms with Gasteiger partial charge in [0.2, 0.25) is 5.91 Å². The van der Waals surface area contributed by atoms with Gasteiger partial charge in [0.1, 0.15) is 0 Å². The van der Waals surface area contributed by atoms with E-state index in [2.05, 4.69) is 10.3 Å². The third-order valence-corrected chi connectivity index (χ3v) is 3.95. The van der Waals surface area contributed by atoms with Gasteiger partial charge < -0.3 is 20.1 Å². The lowest BCUT2D eigenvalue weighted by Crippen LogP contribution is -2.46. The molecule has 1 aromatic rings. The Hall–Kier alpha value is -2.48. The largest absolute Gasteiger partial charge is 0.478 e. The van der Waals surface area contributed by atoms with Gasteiger partial charge >= 0.3 is 5.97 Å². The molecule has 0 saturated carbocycles. The van der Waals surface area contributed by atoms with Crippen LogP contribution in [0.4, 0.5) is 0 Å². The number of carboxylic acid groups (broad SMARTS) is 1. The van der Waals surface area contributed by atoms with E-state index in [0.29, 0.717) is 39.0 Å². The Morgan fingerprint density at radius 2 is 1.96 bits per heavy atom. The van der Waals surface area contributed by atoms with Crippen LogP contribution in [0.15, 0.2) is 18.5 Å². The highest BCUT2D eigenvalue weighted by molar-refractivity contribution is 5.97. The number of amides is 2. The average Bonchev–Trinajstić information content (AvgIpc) is 2.60. The maximum absolute atomic E-state index is 12.2. The van der Waals surface area contributed by atoms with Gasteiger partial charge in [-0.25, -0.2) is 4.79 Å². The lowest BCUT2D eigenvalue weighted by atomic mass is 10.0. The Bertz CT molecular complexity index is 611. The van der Waals surface area contributed by atoms with Crippen LogP contribution in [0, 0.1) is 0 Å². The van der Waals surface area contributed by atoms with Gasteiger partial charge in [0.25, 0.3) is 5.91 Å². The van der Waals surface area contributed by atoms with Crippen molar-refractivity contribution in [3.8, 4) is 0 Å². The zero-order valence-electron chi connectivity index (χ0n) is 13.5. The number of hydrogen-bond donors (Lipinski definition) is 2. The van der Waals surface area contributed by atoms with Crippen LogP contribution in [-0.4, -0.2) is 65.6 Å². The molecule has 0 aliphatic carbocycles. The third kappa shape index (κ3) is 4.76. The van der Waals surface area contributed by atoms with E-state index in [0.717, 1.165) is 0 Å². The summed E-state index contributed by atoms with van der Waals surface area (Å²) in [4.78, 5) is 40.6. The summed E-state index contributed by atoms with van der Waals surface area (Å²) in [5.74, 6) is -1.42. The van der Waals surface area contributed by atoms with Crippen molar-refractivity contribution in [1.82, 2.24) is 15.2 Å². The molecule has 130 valence electrons. The number of carbonyl (C=O) groups excluding carboxylic acids is 2. The summed E-state index contributed by atoms with van der Waals surface area (Å²) >= 11 is 0. The van der Waals surface area contributed by atoms with Gasteiger partial charge in [-0.2, -0.15) is 0 Å². The van der Waals surface area contributed by atoms with E-state index in [4.69, 9.17) is 9.84 Å². The molecule has 0 unspecified atom stereocenters. The highest BCUT2D eigenvalue weighted by Crippen LogP contribution is 2.13. The molecule has 2 N–H and O–H groups in total. The number of nitrogens with one attached hydrogen (secondary N) is 1. The van der Waals surface area contributed by atoms with Crippen LogP contribution in [-0.2, 0) is 9.53 Å². The summed E-state index contributed by atoms with van der Waals surface area (Å²) in [5.41, 5.74) is 0.190. The number of piperidine rings is 1. The zero-order valence-corrected chi connectivity index (χ0v) is 13.5. The number of methoxy groups -OCH3 is 1. The van der Waals surface area contributed by atoms with E-state index in [1.54, 1.807) is 12.0 Å². The smallest absolute Gasteiger partial charge is 0.337 e. The molecule has 2 heterocycles. The topological polar surface area (TPSA) is 109 Å². The number of aromatic nitrogens is 1. The van der Waals surface area contributed by atoms with Crippen molar-refractivity contribution in [2.45, 2.75) is 25.3 Å². The number of hydrogen-bond acceptors (Lipinski definition) is 5. The van der Waals surface area contributed by atoms with Crippen molar-refractivity contribution >= 4 is 17.8 Å². The maximum Gasteiger partial charge on any atom is 0.337 e. The Kier molecular flexibility index (Phi) is 6.25. The van der Waals surface area contributed by atoms with Crippen molar-refractivity contribution in [2.75, 3.05) is 26.8 Å². The number of pyridine rings is 1. The summed E-state index contributed by atoms with van der Waals surface area (Å²) in [5, 5.41) is 11.8. The van der Waals surface area contributed by atoms with E-state index in [1.807, 2.05) is 0 Å². The van der Waals surface area contributed by atoms with Crippen LogP contribution in [0.3, 0.4) is 0 Å². The molecule has 1 aliphatic rings. The fourth-order valence-corrected chi connectivity index (χ4v) is 2.57. The van der Waals surface area contributed by atoms with Crippen molar-refractivity contribution in [1.29, 1.82) is 0 Å². The summed E-state index contributed by atoms with van der Waals surface area (Å²) < 4.78 is 4.90. The molecular weight excluding hydrogens is 314 g/mol. The summed E-state index contributed by atoms with van der Waals surface area (Å²) in [6.07, 6.45) is 4.22. The summed E-state index contributed by atoms with van der Waals surface area (Å²) in [6.45, 7) is 1.57. The molecule has 0 aromatic carbocycles. The van der Waals surface area contributed by atoms with Crippen LogP contribution in [0.5, 0.6) is 0 Å². The minimum atomic E-state index is -1.12. The predicted octanol–water partition coefficient (Wildman–Crippen LogP) is 0.537. The molecular formula is C16H21N3O5. The number of carbonyl (C=O) groups is 3. The molecule has 2 amide bonds. The Morgan fingerprint density at radius 3 is 2.58 bits per heavy atom. The Labute approximate surface area is 139 Å². The molecule has 1 aromatic heterocycles. The molecule has 2 rings (SSSR count). The van der Waals surface area contributed by atoms with Crippen LogP contribution >= 0.6 is 0 Å². The van der Waals surface area contributed by atoms with Gasteiger partial charge in [-0.3, -0.25) is 14.6 Å². The predicted molar refractivity (Wildman–Crippen MR) is 84.8 cm³/mol. The van der Waals surface area contributed by atoms with Crippen LogP contribution in [0.1, 0.15) is 40.0 Å². The van der Waals surface area contributed by atoms with Gasteiger partial charge in [-0.05, 0) is 18.9 Å². The molecule has 1 aliphatic heterocycles. The normalized spacial score (nSPS) is 15.1. The first-order valence-corrected chi connectivity index (χ1v) is 7.77. The lowest BCUT2D eigenvalue weighted by Gasteiger charge is -2.32. The number of carboxylic acids is 1. The number of nitrogens with zero attached hydrogens (tertiary/aromatic N) is 2. The fourth-order valence-electron chi connectivity index (χ4n) is 2.57. The molecule has 1 fully saturated rings. The first-order chi connectivity index (χ1) is 11.5. The molecule has 8 nitrogen and oxygen atoms in total. The second kappa shape index (κ2) is 8.39. The van der Waals surface area contributed by atoms with Crippen molar-refractivity contribution in [3.05, 3.63) is 29.6 Å². The van der Waals surface area contributed by atoms with Gasteiger partial charge in [-0.15, -0.1) is 0 Å². The van der Waals surface area contributed by atoms with Gasteiger partial charge in [-0.1, -0.05) is 0 Å². The minimum absolute atomic E-state index is 0.0267. The van der Waals surface area contributed by atoms with Gasteiger partial charge in [0.15, 0.2) is 0 Å². The SMILES string of the molecule is COCCC(=O)N1CCC(NC(=O)c2cncc(C(=O)O)c2)CC1. The quantitative estimate of drug-likeness (QED) is 0.785. The highest BCUT2D eigenvalue weighted by Gasteiger charge is 2.24. The van der Waals surface area contributed by atoms with E-state index < -0.39 is 5.97 Å². The summed E-state index contributed by atoms with van der Waals surface area (Å²) in [6, 6.07) is 1.26. The standard InChI is InChI=1S/C16H21N3O5/c1-24-7-4-14(20)19-5-2-13(3-6-19)18-15(21)11-8-12(16(22)23)10-17-9-11/h8-10,13H,2-7H2,1H3,(H,18,21)(H,22,23). The second-order valence-electron chi connectivity index (χ2n) is 5.64. The molecule has 24 heavy (non-hydrogen) atoms. The zero-order chi connectivity index (χ0) is 17.5. The molecule has 0 spiro atoms. The van der Waals surface area contributed by atoms with Crippen molar-refractivity contribution < 1.29 is 24.2 Å². The maximum atomic E-state index is 12.2. The second-order valence-corrected chi connectivity index (χ2v) is 5.64. The highest BCUT2D eigenvalue weighted by atomic mass is 16.5. The number of ether oxygens (including phenoxy) is 1. The molecule has 0 bridgehead atoms. The Morgan fingerprint density at radius 1 is 1.29 bits per heavy atom. The van der Waals surface area contributed by atoms with E-state index in [-0.39, 0.29) is 29.0 Å². The number of aromatic carboxylic acids is 1. The molecule has 1 saturated heterocycles. The van der Waals surface area contributed by atoms with Gasteiger partial charge in [0, 0.05) is 38.6 Å². The Balaban J connectivity index is 1.85. The van der Waals surface area contributed by atoms with E-state index >= 15 is 0 Å². The molecule has 0 radical (unpaired) electrons. The van der Waals surface area contributed by atoms with Gasteiger partial charge in [0.05, 0.1) is 24.2 Å². The average molecular weight is 335 g/mol. The van der Waals surface area contributed by atoms with Crippen molar-refractivity contribution in [3.63, 3.8) is 0 Å². The van der Waals surface area contributed by atoms with Crippen LogP contribution in [0.2, 0.25) is 0 Å². The van der Waals surface area contributed by atoms with Crippen molar-refractivity contribution in [2.24, 2.45) is 0 Å². The molecule has 0 atom stereocenters. The first kappa shape index (κ1) is 17.9. The van der Waals surface area contributed by atoms with Crippen LogP contribution < -0.4 is 5.32 Å².